The molecule has 0 atom stereocenters. The van der Waals surface area contributed by atoms with Crippen LogP contribution in [0.2, 0.25) is 0 Å². The van der Waals surface area contributed by atoms with Crippen molar-refractivity contribution in [1.82, 2.24) is 4.98 Å². The first-order valence-electron chi connectivity index (χ1n) is 7.36. The molecule has 2 aromatic carbocycles. The maximum Gasteiger partial charge on any atom is 0.183 e. The Morgan fingerprint density at radius 1 is 1.14 bits per heavy atom. The third-order valence-electron chi connectivity index (χ3n) is 3.90. The summed E-state index contributed by atoms with van der Waals surface area (Å²) in [4.78, 5) is 5.90. The van der Waals surface area contributed by atoms with E-state index in [4.69, 9.17) is 0 Å². The Morgan fingerprint density at radius 3 is 2.86 bits per heavy atom. The largest absolute Gasteiger partial charge is 0.361 e. The van der Waals surface area contributed by atoms with Gasteiger partial charge in [-0.3, -0.25) is 0 Å². The topological polar surface area (TPSA) is 24.9 Å². The van der Waals surface area contributed by atoms with Gasteiger partial charge in [-0.2, -0.15) is 0 Å². The first-order chi connectivity index (χ1) is 10.8. The highest BCUT2D eigenvalue weighted by molar-refractivity contribution is 7.16. The molecule has 4 rings (SSSR count). The van der Waals surface area contributed by atoms with E-state index in [1.807, 2.05) is 12.1 Å². The lowest BCUT2D eigenvalue weighted by molar-refractivity contribution is 0.626. The lowest BCUT2D eigenvalue weighted by Crippen LogP contribution is -2.04. The molecule has 110 valence electrons. The fourth-order valence-electron chi connectivity index (χ4n) is 2.83. The van der Waals surface area contributed by atoms with E-state index in [1.165, 1.54) is 16.5 Å². The minimum atomic E-state index is -0.171. The van der Waals surface area contributed by atoms with E-state index in [0.29, 0.717) is 0 Å². The number of nitrogens with zero attached hydrogens (tertiary/aromatic N) is 1. The monoisotopic (exact) mass is 310 g/mol. The number of benzene rings is 2. The summed E-state index contributed by atoms with van der Waals surface area (Å²) in [7, 11) is 0. The number of halogens is 1. The molecule has 0 saturated carbocycles. The standard InChI is InChI=1S/C18H15FN2S/c19-14-6-7-15-13(10-14)11-16-17(15)21-18(22-16)20-9-8-12-4-2-1-3-5-12/h1-7,10H,8-9,11H2,(H,20,21). The third kappa shape index (κ3) is 2.50. The molecule has 0 fully saturated rings. The van der Waals surface area contributed by atoms with Crippen molar-refractivity contribution in [2.45, 2.75) is 12.8 Å². The van der Waals surface area contributed by atoms with Crippen LogP contribution in [0.25, 0.3) is 11.3 Å². The second-order valence-corrected chi connectivity index (χ2v) is 6.52. The Hall–Kier alpha value is -2.20. The highest BCUT2D eigenvalue weighted by Gasteiger charge is 2.23. The van der Waals surface area contributed by atoms with Crippen molar-refractivity contribution < 1.29 is 4.39 Å². The SMILES string of the molecule is Fc1ccc2c(c1)Cc1sc(NCCc3ccccc3)nc1-2. The summed E-state index contributed by atoms with van der Waals surface area (Å²) >= 11 is 1.67. The molecule has 1 aromatic heterocycles. The minimum absolute atomic E-state index is 0.171. The van der Waals surface area contributed by atoms with Gasteiger partial charge in [-0.25, -0.2) is 9.37 Å². The summed E-state index contributed by atoms with van der Waals surface area (Å²) < 4.78 is 13.3. The Labute approximate surface area is 132 Å². The van der Waals surface area contributed by atoms with E-state index in [9.17, 15) is 4.39 Å². The maximum absolute atomic E-state index is 13.3. The van der Waals surface area contributed by atoms with Crippen LogP contribution in [0.1, 0.15) is 16.0 Å². The molecule has 22 heavy (non-hydrogen) atoms. The lowest BCUT2D eigenvalue weighted by Gasteiger charge is -2.03. The number of rotatable bonds is 4. The van der Waals surface area contributed by atoms with Crippen molar-refractivity contribution in [2.75, 3.05) is 11.9 Å². The number of aromatic nitrogens is 1. The molecule has 2 nitrogen and oxygen atoms in total. The Morgan fingerprint density at radius 2 is 2.00 bits per heavy atom. The maximum atomic E-state index is 13.3. The normalized spacial score (nSPS) is 12.0. The summed E-state index contributed by atoms with van der Waals surface area (Å²) in [6.45, 7) is 0.868. The van der Waals surface area contributed by atoms with Crippen LogP contribution in [0, 0.1) is 5.82 Å². The van der Waals surface area contributed by atoms with Crippen LogP contribution < -0.4 is 5.32 Å². The lowest BCUT2D eigenvalue weighted by atomic mass is 10.1. The number of hydrogen-bond donors (Lipinski definition) is 1. The average Bonchev–Trinajstić information content (AvgIpc) is 3.05. The van der Waals surface area contributed by atoms with E-state index in [0.717, 1.165) is 41.3 Å². The molecule has 1 aliphatic rings. The van der Waals surface area contributed by atoms with Crippen molar-refractivity contribution in [3.05, 3.63) is 70.4 Å². The molecule has 4 heteroatoms. The van der Waals surface area contributed by atoms with Gasteiger partial charge in [-0.1, -0.05) is 30.3 Å². The van der Waals surface area contributed by atoms with Gasteiger partial charge in [0.25, 0.3) is 0 Å². The van der Waals surface area contributed by atoms with E-state index in [-0.39, 0.29) is 5.82 Å². The molecule has 0 radical (unpaired) electrons. The Balaban J connectivity index is 1.46. The first-order valence-corrected chi connectivity index (χ1v) is 8.17. The van der Waals surface area contributed by atoms with Gasteiger partial charge < -0.3 is 5.32 Å². The molecule has 1 heterocycles. The highest BCUT2D eigenvalue weighted by atomic mass is 32.1. The fourth-order valence-corrected chi connectivity index (χ4v) is 3.85. The fraction of sp³-hybridized carbons (Fsp3) is 0.167. The molecule has 0 saturated heterocycles. The van der Waals surface area contributed by atoms with E-state index in [2.05, 4.69) is 34.6 Å². The molecule has 0 spiro atoms. The predicted molar refractivity (Wildman–Crippen MR) is 88.9 cm³/mol. The van der Waals surface area contributed by atoms with E-state index < -0.39 is 0 Å². The van der Waals surface area contributed by atoms with Crippen LogP contribution in [-0.2, 0) is 12.8 Å². The van der Waals surface area contributed by atoms with Crippen LogP contribution in [0.3, 0.4) is 0 Å². The van der Waals surface area contributed by atoms with Gasteiger partial charge in [0.2, 0.25) is 0 Å². The molecule has 3 aromatic rings. The smallest absolute Gasteiger partial charge is 0.183 e. The van der Waals surface area contributed by atoms with Crippen LogP contribution >= 0.6 is 11.3 Å². The van der Waals surface area contributed by atoms with Gasteiger partial charge in [-0.05, 0) is 35.7 Å². The summed E-state index contributed by atoms with van der Waals surface area (Å²) in [6, 6.07) is 15.4. The van der Waals surface area contributed by atoms with Gasteiger partial charge in [0.1, 0.15) is 5.82 Å². The van der Waals surface area contributed by atoms with Crippen molar-refractivity contribution in [1.29, 1.82) is 0 Å². The van der Waals surface area contributed by atoms with Crippen molar-refractivity contribution in [3.63, 3.8) is 0 Å². The van der Waals surface area contributed by atoms with E-state index in [1.54, 1.807) is 17.4 Å². The number of nitrogens with one attached hydrogen (secondary N) is 1. The summed E-state index contributed by atoms with van der Waals surface area (Å²) in [5.41, 5.74) is 4.45. The second kappa shape index (κ2) is 5.54. The van der Waals surface area contributed by atoms with Crippen LogP contribution in [0.15, 0.2) is 48.5 Å². The molecular formula is C18H15FN2S. The van der Waals surface area contributed by atoms with Gasteiger partial charge in [0.15, 0.2) is 5.13 Å². The molecule has 0 bridgehead atoms. The zero-order valence-corrected chi connectivity index (χ0v) is 12.8. The van der Waals surface area contributed by atoms with Gasteiger partial charge in [0, 0.05) is 23.4 Å². The molecule has 0 amide bonds. The Kier molecular flexibility index (Phi) is 3.39. The number of anilines is 1. The van der Waals surface area contributed by atoms with Crippen molar-refractivity contribution in [2.24, 2.45) is 0 Å². The minimum Gasteiger partial charge on any atom is -0.361 e. The molecular weight excluding hydrogens is 295 g/mol. The molecule has 0 unspecified atom stereocenters. The summed E-state index contributed by atoms with van der Waals surface area (Å²) in [5, 5.41) is 4.35. The van der Waals surface area contributed by atoms with Crippen molar-refractivity contribution in [3.8, 4) is 11.3 Å². The van der Waals surface area contributed by atoms with Gasteiger partial charge >= 0.3 is 0 Å². The van der Waals surface area contributed by atoms with Crippen molar-refractivity contribution >= 4 is 16.5 Å². The zero-order valence-electron chi connectivity index (χ0n) is 12.0. The van der Waals surface area contributed by atoms with Crippen LogP contribution in [0.5, 0.6) is 0 Å². The van der Waals surface area contributed by atoms with Crippen LogP contribution in [-0.4, -0.2) is 11.5 Å². The quantitative estimate of drug-likeness (QED) is 0.600. The number of hydrogen-bond acceptors (Lipinski definition) is 3. The molecule has 1 N–H and O–H groups in total. The highest BCUT2D eigenvalue weighted by Crippen LogP contribution is 2.41. The molecule has 0 aliphatic heterocycles. The average molecular weight is 310 g/mol. The number of thiazole rings is 1. The summed E-state index contributed by atoms with van der Waals surface area (Å²) in [5.74, 6) is -0.171. The first kappa shape index (κ1) is 13.5. The van der Waals surface area contributed by atoms with Crippen LogP contribution in [0.4, 0.5) is 9.52 Å². The predicted octanol–water partition coefficient (Wildman–Crippen LogP) is 4.51. The summed E-state index contributed by atoms with van der Waals surface area (Å²) in [6.07, 6.45) is 1.77. The van der Waals surface area contributed by atoms with Gasteiger partial charge in [-0.15, -0.1) is 11.3 Å². The zero-order chi connectivity index (χ0) is 14.9. The second-order valence-electron chi connectivity index (χ2n) is 5.43. The Bertz CT molecular complexity index is 811. The van der Waals surface area contributed by atoms with Gasteiger partial charge in [0.05, 0.1) is 5.69 Å². The molecule has 1 aliphatic carbocycles. The van der Waals surface area contributed by atoms with E-state index >= 15 is 0 Å². The third-order valence-corrected chi connectivity index (χ3v) is 4.92. The number of fused-ring (bicyclic) bond motifs is 3.